The maximum absolute atomic E-state index is 5.84. The van der Waals surface area contributed by atoms with Crippen molar-refractivity contribution in [3.8, 4) is 0 Å². The first-order chi connectivity index (χ1) is 8.65. The van der Waals surface area contributed by atoms with Gasteiger partial charge in [0.1, 0.15) is 0 Å². The van der Waals surface area contributed by atoms with Crippen LogP contribution in [0.5, 0.6) is 0 Å². The molecule has 0 saturated carbocycles. The van der Waals surface area contributed by atoms with E-state index in [9.17, 15) is 0 Å². The molecule has 0 fully saturated rings. The van der Waals surface area contributed by atoms with Crippen LogP contribution in [0.15, 0.2) is 30.3 Å². The zero-order chi connectivity index (χ0) is 13.1. The summed E-state index contributed by atoms with van der Waals surface area (Å²) in [4.78, 5) is 2.02. The van der Waals surface area contributed by atoms with Gasteiger partial charge in [-0.1, -0.05) is 18.2 Å². The predicted molar refractivity (Wildman–Crippen MR) is 73.9 cm³/mol. The first-order valence-electron chi connectivity index (χ1n) is 5.96. The van der Waals surface area contributed by atoms with Gasteiger partial charge in [0.05, 0.1) is 5.69 Å². The Kier molecular flexibility index (Phi) is 3.58. The van der Waals surface area contributed by atoms with Crippen LogP contribution in [0.25, 0.3) is 0 Å². The molecule has 0 aliphatic rings. The van der Waals surface area contributed by atoms with E-state index in [1.165, 1.54) is 0 Å². The van der Waals surface area contributed by atoms with Crippen LogP contribution >= 0.6 is 0 Å². The number of benzene rings is 1. The smallest absolute Gasteiger partial charge is 0.160 e. The van der Waals surface area contributed by atoms with E-state index >= 15 is 0 Å². The van der Waals surface area contributed by atoms with Crippen LogP contribution in [-0.4, -0.2) is 17.2 Å². The first kappa shape index (κ1) is 12.5. The Bertz CT molecular complexity index is 537. The minimum atomic E-state index is 0.467. The molecule has 0 aliphatic heterocycles. The maximum atomic E-state index is 5.84. The van der Waals surface area contributed by atoms with E-state index in [4.69, 9.17) is 5.73 Å². The fourth-order valence-electron chi connectivity index (χ4n) is 1.93. The molecule has 1 aromatic heterocycles. The highest BCUT2D eigenvalue weighted by molar-refractivity contribution is 5.63. The van der Waals surface area contributed by atoms with Crippen molar-refractivity contribution in [2.75, 3.05) is 11.9 Å². The van der Waals surface area contributed by atoms with Crippen LogP contribution in [-0.2, 0) is 6.54 Å². The van der Waals surface area contributed by atoms with E-state index < -0.39 is 0 Å². The zero-order valence-corrected chi connectivity index (χ0v) is 11.0. The minimum Gasteiger partial charge on any atom is -0.328 e. The van der Waals surface area contributed by atoms with E-state index in [0.717, 1.165) is 28.3 Å². The number of rotatable bonds is 3. The van der Waals surface area contributed by atoms with Crippen molar-refractivity contribution < 1.29 is 0 Å². The third kappa shape index (κ3) is 2.19. The Labute approximate surface area is 107 Å². The van der Waals surface area contributed by atoms with Gasteiger partial charge in [-0.15, -0.1) is 5.10 Å². The van der Waals surface area contributed by atoms with Gasteiger partial charge in [0.15, 0.2) is 5.82 Å². The van der Waals surface area contributed by atoms with Gasteiger partial charge in [-0.3, -0.25) is 0 Å². The summed E-state index contributed by atoms with van der Waals surface area (Å²) in [5.41, 5.74) is 10.0. The molecule has 1 aromatic carbocycles. The summed E-state index contributed by atoms with van der Waals surface area (Å²) in [7, 11) is 1.98. The minimum absolute atomic E-state index is 0.467. The molecule has 4 nitrogen and oxygen atoms in total. The predicted octanol–water partition coefficient (Wildman–Crippen LogP) is 2.32. The summed E-state index contributed by atoms with van der Waals surface area (Å²) < 4.78 is 0. The molecule has 0 aliphatic carbocycles. The number of aromatic nitrogens is 2. The Balaban J connectivity index is 2.49. The van der Waals surface area contributed by atoms with Gasteiger partial charge in [0.25, 0.3) is 0 Å². The molecule has 0 unspecified atom stereocenters. The zero-order valence-electron chi connectivity index (χ0n) is 11.0. The second-order valence-electron chi connectivity index (χ2n) is 4.31. The second-order valence-corrected chi connectivity index (χ2v) is 4.31. The van der Waals surface area contributed by atoms with Crippen LogP contribution in [0, 0.1) is 13.8 Å². The molecule has 4 heteroatoms. The van der Waals surface area contributed by atoms with Crippen molar-refractivity contribution in [2.45, 2.75) is 20.4 Å². The largest absolute Gasteiger partial charge is 0.328 e. The highest BCUT2D eigenvalue weighted by Crippen LogP contribution is 2.26. The topological polar surface area (TPSA) is 55.0 Å². The second kappa shape index (κ2) is 5.14. The SMILES string of the molecule is Cc1nnc(N(C)c2ccccc2)c(CN)c1C. The quantitative estimate of drug-likeness (QED) is 0.897. The Morgan fingerprint density at radius 3 is 2.39 bits per heavy atom. The molecule has 2 aromatic rings. The Hall–Kier alpha value is -1.94. The average molecular weight is 242 g/mol. The molecular weight excluding hydrogens is 224 g/mol. The maximum Gasteiger partial charge on any atom is 0.160 e. The van der Waals surface area contributed by atoms with Crippen molar-refractivity contribution in [3.63, 3.8) is 0 Å². The third-order valence-electron chi connectivity index (χ3n) is 3.23. The summed E-state index contributed by atoms with van der Waals surface area (Å²) in [6.07, 6.45) is 0. The highest BCUT2D eigenvalue weighted by Gasteiger charge is 2.14. The number of hydrogen-bond acceptors (Lipinski definition) is 4. The average Bonchev–Trinajstić information content (AvgIpc) is 2.42. The summed E-state index contributed by atoms with van der Waals surface area (Å²) >= 11 is 0. The molecule has 0 radical (unpaired) electrons. The van der Waals surface area contributed by atoms with Crippen LogP contribution in [0.4, 0.5) is 11.5 Å². The molecule has 0 atom stereocenters. The first-order valence-corrected chi connectivity index (χ1v) is 5.96. The molecule has 0 bridgehead atoms. The highest BCUT2D eigenvalue weighted by atomic mass is 15.3. The third-order valence-corrected chi connectivity index (χ3v) is 3.23. The van der Waals surface area contributed by atoms with Gasteiger partial charge in [-0.25, -0.2) is 0 Å². The fourth-order valence-corrected chi connectivity index (χ4v) is 1.93. The number of aryl methyl sites for hydroxylation is 1. The van der Waals surface area contributed by atoms with E-state index in [-0.39, 0.29) is 0 Å². The lowest BCUT2D eigenvalue weighted by molar-refractivity contribution is 0.888. The van der Waals surface area contributed by atoms with Gasteiger partial charge in [-0.05, 0) is 31.5 Å². The standard InChI is InChI=1S/C14H18N4/c1-10-11(2)16-17-14(13(10)9-15)18(3)12-7-5-4-6-8-12/h4-8H,9,15H2,1-3H3. The van der Waals surface area contributed by atoms with E-state index in [2.05, 4.69) is 10.2 Å². The van der Waals surface area contributed by atoms with Crippen molar-refractivity contribution in [2.24, 2.45) is 5.73 Å². The monoisotopic (exact) mass is 242 g/mol. The molecule has 0 amide bonds. The van der Waals surface area contributed by atoms with E-state index in [1.807, 2.05) is 56.1 Å². The van der Waals surface area contributed by atoms with Crippen molar-refractivity contribution >= 4 is 11.5 Å². The van der Waals surface area contributed by atoms with Crippen LogP contribution in [0.3, 0.4) is 0 Å². The lowest BCUT2D eigenvalue weighted by Crippen LogP contribution is -2.17. The molecule has 2 rings (SSSR count). The molecule has 94 valence electrons. The molecule has 2 N–H and O–H groups in total. The number of nitrogens with zero attached hydrogens (tertiary/aromatic N) is 3. The molecule has 0 saturated heterocycles. The normalized spacial score (nSPS) is 10.4. The molecule has 1 heterocycles. The Morgan fingerprint density at radius 1 is 1.11 bits per heavy atom. The van der Waals surface area contributed by atoms with Gasteiger partial charge in [0, 0.05) is 24.8 Å². The number of para-hydroxylation sites is 1. The molecular formula is C14H18N4. The lowest BCUT2D eigenvalue weighted by atomic mass is 10.1. The van der Waals surface area contributed by atoms with Crippen molar-refractivity contribution in [1.29, 1.82) is 0 Å². The summed E-state index contributed by atoms with van der Waals surface area (Å²) in [5, 5.41) is 8.47. The molecule has 18 heavy (non-hydrogen) atoms. The summed E-state index contributed by atoms with van der Waals surface area (Å²) in [6, 6.07) is 10.1. The number of anilines is 2. The van der Waals surface area contributed by atoms with Crippen LogP contribution in [0.2, 0.25) is 0 Å². The van der Waals surface area contributed by atoms with Crippen LogP contribution < -0.4 is 10.6 Å². The number of hydrogen-bond donors (Lipinski definition) is 1. The summed E-state index contributed by atoms with van der Waals surface area (Å²) in [5.74, 6) is 0.826. The fraction of sp³-hybridized carbons (Fsp3) is 0.286. The van der Waals surface area contributed by atoms with Gasteiger partial charge in [0.2, 0.25) is 0 Å². The lowest BCUT2D eigenvalue weighted by Gasteiger charge is -2.21. The number of nitrogens with two attached hydrogens (primary N) is 1. The summed E-state index contributed by atoms with van der Waals surface area (Å²) in [6.45, 7) is 4.46. The van der Waals surface area contributed by atoms with Crippen LogP contribution in [0.1, 0.15) is 16.8 Å². The Morgan fingerprint density at radius 2 is 1.78 bits per heavy atom. The molecule has 0 spiro atoms. The van der Waals surface area contributed by atoms with Gasteiger partial charge in [-0.2, -0.15) is 5.10 Å². The van der Waals surface area contributed by atoms with E-state index in [0.29, 0.717) is 6.54 Å². The van der Waals surface area contributed by atoms with Crippen molar-refractivity contribution in [3.05, 3.63) is 47.2 Å². The van der Waals surface area contributed by atoms with Gasteiger partial charge < -0.3 is 10.6 Å². The van der Waals surface area contributed by atoms with Crippen molar-refractivity contribution in [1.82, 2.24) is 10.2 Å². The van der Waals surface area contributed by atoms with Gasteiger partial charge >= 0.3 is 0 Å². The van der Waals surface area contributed by atoms with E-state index in [1.54, 1.807) is 0 Å².